The Bertz CT molecular complexity index is 1180. The Morgan fingerprint density at radius 2 is 1.69 bits per heavy atom. The molecule has 0 aliphatic carbocycles. The number of carbonyl (C=O) groups is 2. The van der Waals surface area contributed by atoms with Crippen LogP contribution in [0, 0.1) is 0 Å². The van der Waals surface area contributed by atoms with Gasteiger partial charge in [-0.25, -0.2) is 4.79 Å². The van der Waals surface area contributed by atoms with E-state index in [1.807, 2.05) is 43.3 Å². The van der Waals surface area contributed by atoms with Gasteiger partial charge in [0.05, 0.1) is 45.9 Å². The van der Waals surface area contributed by atoms with Crippen molar-refractivity contribution in [3.05, 3.63) is 72.2 Å². The second-order valence-corrected chi connectivity index (χ2v) is 8.61. The lowest BCUT2D eigenvalue weighted by molar-refractivity contribution is -0.132. The first-order valence-electron chi connectivity index (χ1n) is 12.8. The van der Waals surface area contributed by atoms with E-state index in [1.165, 1.54) is 4.90 Å². The SMILES string of the molecule is CCOc1ccccc1NC(=O)N(CCOC)CC(=O)N(CCc1ccc(OC)c(OC)c1)Cc1ccco1. The quantitative estimate of drug-likeness (QED) is 0.304. The molecule has 0 saturated heterocycles. The smallest absolute Gasteiger partial charge is 0.322 e. The van der Waals surface area contributed by atoms with E-state index in [9.17, 15) is 9.59 Å². The molecule has 0 radical (unpaired) electrons. The van der Waals surface area contributed by atoms with Crippen LogP contribution in [-0.2, 0) is 22.5 Å². The molecular weight excluding hydrogens is 502 g/mol. The lowest BCUT2D eigenvalue weighted by atomic mass is 10.1. The van der Waals surface area contributed by atoms with Crippen LogP contribution in [0.5, 0.6) is 17.2 Å². The zero-order chi connectivity index (χ0) is 28.0. The Morgan fingerprint density at radius 3 is 2.38 bits per heavy atom. The third kappa shape index (κ3) is 8.68. The number of urea groups is 1. The van der Waals surface area contributed by atoms with Crippen LogP contribution in [0.15, 0.2) is 65.3 Å². The number of methoxy groups -OCH3 is 3. The van der Waals surface area contributed by atoms with Gasteiger partial charge in [0.25, 0.3) is 0 Å². The Hall–Kier alpha value is -4.18. The van der Waals surface area contributed by atoms with E-state index in [0.29, 0.717) is 48.3 Å². The number of ether oxygens (including phenoxy) is 4. The predicted octanol–water partition coefficient (Wildman–Crippen LogP) is 4.45. The number of furan rings is 1. The first kappa shape index (κ1) is 29.4. The third-order valence-electron chi connectivity index (χ3n) is 6.01. The minimum Gasteiger partial charge on any atom is -0.493 e. The van der Waals surface area contributed by atoms with E-state index in [-0.39, 0.29) is 32.1 Å². The van der Waals surface area contributed by atoms with Gasteiger partial charge in [-0.2, -0.15) is 0 Å². The van der Waals surface area contributed by atoms with Crippen molar-refractivity contribution >= 4 is 17.6 Å². The van der Waals surface area contributed by atoms with Crippen molar-refractivity contribution < 1.29 is 33.0 Å². The highest BCUT2D eigenvalue weighted by atomic mass is 16.5. The standard InChI is InChI=1S/C29H37N3O7/c1-5-38-25-11-7-6-10-24(25)30-29(34)32(16-18-35-2)21-28(33)31(20-23-9-8-17-39-23)15-14-22-12-13-26(36-3)27(19-22)37-4/h6-13,17,19H,5,14-16,18,20-21H2,1-4H3,(H,30,34). The molecule has 0 aliphatic heterocycles. The number of hydrogen-bond donors (Lipinski definition) is 1. The number of anilines is 1. The van der Waals surface area contributed by atoms with Crippen LogP contribution in [0.4, 0.5) is 10.5 Å². The Labute approximate surface area is 229 Å². The van der Waals surface area contributed by atoms with Crippen LogP contribution in [-0.4, -0.2) is 75.9 Å². The maximum atomic E-state index is 13.6. The van der Waals surface area contributed by atoms with Crippen molar-refractivity contribution in [1.29, 1.82) is 0 Å². The van der Waals surface area contributed by atoms with Crippen molar-refractivity contribution in [3.8, 4) is 17.2 Å². The molecule has 0 aliphatic rings. The molecular formula is C29H37N3O7. The molecule has 0 saturated carbocycles. The lowest BCUT2D eigenvalue weighted by Crippen LogP contribution is -2.46. The Morgan fingerprint density at radius 1 is 0.897 bits per heavy atom. The van der Waals surface area contributed by atoms with Crippen LogP contribution in [0.2, 0.25) is 0 Å². The van der Waals surface area contributed by atoms with Crippen LogP contribution in [0.1, 0.15) is 18.2 Å². The van der Waals surface area contributed by atoms with Crippen molar-refractivity contribution in [2.24, 2.45) is 0 Å². The summed E-state index contributed by atoms with van der Waals surface area (Å²) in [4.78, 5) is 29.9. The van der Waals surface area contributed by atoms with Crippen molar-refractivity contribution in [3.63, 3.8) is 0 Å². The molecule has 3 aromatic rings. The fourth-order valence-corrected chi connectivity index (χ4v) is 3.95. The summed E-state index contributed by atoms with van der Waals surface area (Å²) in [5.41, 5.74) is 1.51. The summed E-state index contributed by atoms with van der Waals surface area (Å²) in [6.07, 6.45) is 2.14. The highest BCUT2D eigenvalue weighted by molar-refractivity contribution is 5.93. The van der Waals surface area contributed by atoms with Gasteiger partial charge >= 0.3 is 6.03 Å². The molecule has 0 spiro atoms. The number of amides is 3. The summed E-state index contributed by atoms with van der Waals surface area (Å²) >= 11 is 0. The second-order valence-electron chi connectivity index (χ2n) is 8.61. The number of nitrogens with one attached hydrogen (secondary N) is 1. The number of para-hydroxylation sites is 2. The van der Waals surface area contributed by atoms with E-state index in [0.717, 1.165) is 5.56 Å². The lowest BCUT2D eigenvalue weighted by Gasteiger charge is -2.27. The van der Waals surface area contributed by atoms with E-state index >= 15 is 0 Å². The molecule has 39 heavy (non-hydrogen) atoms. The normalized spacial score (nSPS) is 10.6. The van der Waals surface area contributed by atoms with Gasteiger partial charge < -0.3 is 38.5 Å². The van der Waals surface area contributed by atoms with Crippen LogP contribution in [0.25, 0.3) is 0 Å². The average molecular weight is 540 g/mol. The van der Waals surface area contributed by atoms with Gasteiger partial charge in [0.2, 0.25) is 5.91 Å². The zero-order valence-electron chi connectivity index (χ0n) is 23.0. The number of carbonyl (C=O) groups excluding carboxylic acids is 2. The highest BCUT2D eigenvalue weighted by Gasteiger charge is 2.23. The van der Waals surface area contributed by atoms with Gasteiger partial charge in [-0.05, 0) is 55.3 Å². The molecule has 0 bridgehead atoms. The topological polar surface area (TPSA) is 103 Å². The summed E-state index contributed by atoms with van der Waals surface area (Å²) < 4.78 is 27.1. The van der Waals surface area contributed by atoms with Crippen LogP contribution in [0.3, 0.4) is 0 Å². The van der Waals surface area contributed by atoms with E-state index in [4.69, 9.17) is 23.4 Å². The number of rotatable bonds is 15. The average Bonchev–Trinajstić information content (AvgIpc) is 3.47. The van der Waals surface area contributed by atoms with Crippen molar-refractivity contribution in [1.82, 2.24) is 9.80 Å². The first-order valence-corrected chi connectivity index (χ1v) is 12.8. The van der Waals surface area contributed by atoms with E-state index in [1.54, 1.807) is 50.7 Å². The molecule has 3 rings (SSSR count). The number of hydrogen-bond acceptors (Lipinski definition) is 7. The predicted molar refractivity (Wildman–Crippen MR) is 147 cm³/mol. The van der Waals surface area contributed by atoms with Gasteiger partial charge in [-0.1, -0.05) is 18.2 Å². The van der Waals surface area contributed by atoms with Crippen LogP contribution < -0.4 is 19.5 Å². The summed E-state index contributed by atoms with van der Waals surface area (Å²) in [7, 11) is 4.72. The van der Waals surface area contributed by atoms with Gasteiger partial charge in [-0.3, -0.25) is 4.79 Å². The van der Waals surface area contributed by atoms with Gasteiger partial charge in [-0.15, -0.1) is 0 Å². The zero-order valence-corrected chi connectivity index (χ0v) is 23.0. The molecule has 10 nitrogen and oxygen atoms in total. The molecule has 210 valence electrons. The fourth-order valence-electron chi connectivity index (χ4n) is 3.95. The summed E-state index contributed by atoms with van der Waals surface area (Å²) in [5.74, 6) is 2.23. The molecule has 10 heteroatoms. The fraction of sp³-hybridized carbons (Fsp3) is 0.379. The maximum absolute atomic E-state index is 13.6. The minimum absolute atomic E-state index is 0.140. The monoisotopic (exact) mass is 539 g/mol. The first-order chi connectivity index (χ1) is 19.0. The third-order valence-corrected chi connectivity index (χ3v) is 6.01. The highest BCUT2D eigenvalue weighted by Crippen LogP contribution is 2.28. The Balaban J connectivity index is 1.75. The number of nitrogens with zero attached hydrogens (tertiary/aromatic N) is 2. The van der Waals surface area contributed by atoms with Crippen LogP contribution >= 0.6 is 0 Å². The van der Waals surface area contributed by atoms with Crippen molar-refractivity contribution in [2.45, 2.75) is 19.9 Å². The molecule has 0 fully saturated rings. The molecule has 0 atom stereocenters. The Kier molecular flexibility index (Phi) is 11.5. The minimum atomic E-state index is -0.426. The second kappa shape index (κ2) is 15.3. The molecule has 1 N–H and O–H groups in total. The van der Waals surface area contributed by atoms with Crippen molar-refractivity contribution in [2.75, 3.05) is 59.5 Å². The molecule has 1 aromatic heterocycles. The van der Waals surface area contributed by atoms with Gasteiger partial charge in [0.15, 0.2) is 11.5 Å². The van der Waals surface area contributed by atoms with E-state index < -0.39 is 6.03 Å². The summed E-state index contributed by atoms with van der Waals surface area (Å²) in [5, 5.41) is 2.87. The number of benzene rings is 2. The molecule has 1 heterocycles. The van der Waals surface area contributed by atoms with Gasteiger partial charge in [0.1, 0.15) is 18.1 Å². The maximum Gasteiger partial charge on any atom is 0.322 e. The van der Waals surface area contributed by atoms with E-state index in [2.05, 4.69) is 5.32 Å². The summed E-state index contributed by atoms with van der Waals surface area (Å²) in [6.45, 7) is 3.37. The largest absolute Gasteiger partial charge is 0.493 e. The molecule has 3 amide bonds. The molecule has 0 unspecified atom stereocenters. The summed E-state index contributed by atoms with van der Waals surface area (Å²) in [6, 6.07) is 16.0. The van der Waals surface area contributed by atoms with Gasteiger partial charge in [0, 0.05) is 20.2 Å². The molecule has 2 aromatic carbocycles.